The van der Waals surface area contributed by atoms with Crippen LogP contribution in [0.3, 0.4) is 0 Å². The van der Waals surface area contributed by atoms with Crippen molar-refractivity contribution in [1.82, 2.24) is 4.98 Å². The number of nitrogens with zero attached hydrogens (tertiary/aromatic N) is 2. The lowest BCUT2D eigenvalue weighted by Crippen LogP contribution is -2.34. The molecule has 0 aliphatic carbocycles. The van der Waals surface area contributed by atoms with E-state index >= 15 is 0 Å². The summed E-state index contributed by atoms with van der Waals surface area (Å²) in [6.07, 6.45) is 4.46. The second-order valence-electron chi connectivity index (χ2n) is 4.35. The Morgan fingerprint density at radius 2 is 2.47 bits per heavy atom. The molecule has 1 fully saturated rings. The molecule has 0 spiro atoms. The van der Waals surface area contributed by atoms with Crippen LogP contribution in [0, 0.1) is 5.92 Å². The van der Waals surface area contributed by atoms with Crippen molar-refractivity contribution in [1.29, 1.82) is 0 Å². The second-order valence-corrected chi connectivity index (χ2v) is 4.62. The van der Waals surface area contributed by atoms with Crippen LogP contribution in [0.4, 0.5) is 5.82 Å². The van der Waals surface area contributed by atoms with E-state index in [0.29, 0.717) is 5.88 Å². The van der Waals surface area contributed by atoms with Gasteiger partial charge in [-0.2, -0.15) is 0 Å². The van der Waals surface area contributed by atoms with Gasteiger partial charge < -0.3 is 4.90 Å². The minimum absolute atomic E-state index is 0.568. The highest BCUT2D eigenvalue weighted by atomic mass is 35.5. The van der Waals surface area contributed by atoms with E-state index in [0.717, 1.165) is 30.4 Å². The van der Waals surface area contributed by atoms with E-state index in [-0.39, 0.29) is 0 Å². The van der Waals surface area contributed by atoms with Crippen LogP contribution >= 0.6 is 11.6 Å². The van der Waals surface area contributed by atoms with Gasteiger partial charge in [-0.15, -0.1) is 11.6 Å². The van der Waals surface area contributed by atoms with Crippen LogP contribution in [0.25, 0.3) is 0 Å². The molecule has 0 aromatic carbocycles. The number of piperidine rings is 1. The zero-order valence-electron chi connectivity index (χ0n) is 9.12. The average molecular weight is 225 g/mol. The largest absolute Gasteiger partial charge is 0.356 e. The van der Waals surface area contributed by atoms with Gasteiger partial charge in [0.15, 0.2) is 0 Å². The van der Waals surface area contributed by atoms with Crippen molar-refractivity contribution >= 4 is 17.4 Å². The summed E-state index contributed by atoms with van der Waals surface area (Å²) in [6, 6.07) is 4.08. The molecule has 82 valence electrons. The van der Waals surface area contributed by atoms with Crippen LogP contribution in [0.5, 0.6) is 0 Å². The second kappa shape index (κ2) is 4.84. The van der Waals surface area contributed by atoms with Crippen LogP contribution in [0.2, 0.25) is 0 Å². The van der Waals surface area contributed by atoms with Crippen molar-refractivity contribution in [3.05, 3.63) is 23.9 Å². The maximum atomic E-state index is 5.82. The number of anilines is 1. The smallest absolute Gasteiger partial charge is 0.128 e. The third-order valence-corrected chi connectivity index (χ3v) is 3.25. The minimum atomic E-state index is 0.568. The minimum Gasteiger partial charge on any atom is -0.356 e. The van der Waals surface area contributed by atoms with Gasteiger partial charge in [-0.1, -0.05) is 6.92 Å². The molecule has 0 N–H and O–H groups in total. The van der Waals surface area contributed by atoms with E-state index in [9.17, 15) is 0 Å². The SMILES string of the molecule is CC1CCCN(c2cc(CCl)ccn2)C1. The fourth-order valence-electron chi connectivity index (χ4n) is 2.11. The molecule has 1 aliphatic heterocycles. The summed E-state index contributed by atoms with van der Waals surface area (Å²) >= 11 is 5.82. The molecule has 0 bridgehead atoms. The molecule has 15 heavy (non-hydrogen) atoms. The molecular formula is C12H17ClN2. The highest BCUT2D eigenvalue weighted by Gasteiger charge is 2.17. The summed E-state index contributed by atoms with van der Waals surface area (Å²) in [5, 5.41) is 0. The standard InChI is InChI=1S/C12H17ClN2/c1-10-3-2-6-15(9-10)12-7-11(8-13)4-5-14-12/h4-5,7,10H,2-3,6,8-9H2,1H3. The van der Waals surface area contributed by atoms with E-state index in [1.165, 1.54) is 12.8 Å². The van der Waals surface area contributed by atoms with Gasteiger partial charge in [0.05, 0.1) is 0 Å². The predicted octanol–water partition coefficient (Wildman–Crippen LogP) is 3.06. The predicted molar refractivity (Wildman–Crippen MR) is 64.4 cm³/mol. The van der Waals surface area contributed by atoms with E-state index in [1.54, 1.807) is 0 Å². The Bertz CT molecular complexity index is 327. The van der Waals surface area contributed by atoms with Crippen molar-refractivity contribution in [2.45, 2.75) is 25.6 Å². The number of rotatable bonds is 2. The van der Waals surface area contributed by atoms with Crippen LogP contribution in [-0.4, -0.2) is 18.1 Å². The highest BCUT2D eigenvalue weighted by molar-refractivity contribution is 6.17. The molecule has 2 nitrogen and oxygen atoms in total. The first kappa shape index (κ1) is 10.7. The fraction of sp³-hybridized carbons (Fsp3) is 0.583. The average Bonchev–Trinajstić information content (AvgIpc) is 2.29. The van der Waals surface area contributed by atoms with Crippen molar-refractivity contribution in [3.8, 4) is 0 Å². The van der Waals surface area contributed by atoms with Gasteiger partial charge in [-0.25, -0.2) is 4.98 Å². The van der Waals surface area contributed by atoms with E-state index in [1.807, 2.05) is 12.3 Å². The van der Waals surface area contributed by atoms with Crippen molar-refractivity contribution in [2.75, 3.05) is 18.0 Å². The van der Waals surface area contributed by atoms with E-state index < -0.39 is 0 Å². The summed E-state index contributed by atoms with van der Waals surface area (Å²) < 4.78 is 0. The van der Waals surface area contributed by atoms with Crippen LogP contribution in [0.1, 0.15) is 25.3 Å². The molecule has 1 aromatic heterocycles. The number of hydrogen-bond acceptors (Lipinski definition) is 2. The third-order valence-electron chi connectivity index (χ3n) is 2.95. The molecule has 0 radical (unpaired) electrons. The molecule has 1 aromatic rings. The molecule has 0 saturated carbocycles. The maximum Gasteiger partial charge on any atom is 0.128 e. The Labute approximate surface area is 96.3 Å². The fourth-order valence-corrected chi connectivity index (χ4v) is 2.28. The lowest BCUT2D eigenvalue weighted by Gasteiger charge is -2.31. The van der Waals surface area contributed by atoms with Crippen molar-refractivity contribution < 1.29 is 0 Å². The molecule has 2 rings (SSSR count). The van der Waals surface area contributed by atoms with Gasteiger partial charge in [0.25, 0.3) is 0 Å². The van der Waals surface area contributed by atoms with Crippen LogP contribution < -0.4 is 4.90 Å². The molecule has 0 amide bonds. The normalized spacial score (nSPS) is 21.7. The zero-order valence-corrected chi connectivity index (χ0v) is 9.87. The Morgan fingerprint density at radius 3 is 3.20 bits per heavy atom. The quantitative estimate of drug-likeness (QED) is 0.718. The van der Waals surface area contributed by atoms with Crippen molar-refractivity contribution in [2.24, 2.45) is 5.92 Å². The topological polar surface area (TPSA) is 16.1 Å². The maximum absolute atomic E-state index is 5.82. The zero-order chi connectivity index (χ0) is 10.7. The molecule has 1 saturated heterocycles. The Morgan fingerprint density at radius 1 is 1.60 bits per heavy atom. The molecule has 1 atom stereocenters. The number of pyridine rings is 1. The van der Waals surface area contributed by atoms with Gasteiger partial charge in [-0.05, 0) is 36.5 Å². The third kappa shape index (κ3) is 2.63. The summed E-state index contributed by atoms with van der Waals surface area (Å²) in [4.78, 5) is 6.78. The summed E-state index contributed by atoms with van der Waals surface area (Å²) in [7, 11) is 0. The molecular weight excluding hydrogens is 208 g/mol. The van der Waals surface area contributed by atoms with Crippen LogP contribution in [0.15, 0.2) is 18.3 Å². The Balaban J connectivity index is 2.13. The van der Waals surface area contributed by atoms with E-state index in [2.05, 4.69) is 22.9 Å². The summed E-state index contributed by atoms with van der Waals surface area (Å²) in [6.45, 7) is 4.55. The Kier molecular flexibility index (Phi) is 3.47. The van der Waals surface area contributed by atoms with E-state index in [4.69, 9.17) is 11.6 Å². The number of hydrogen-bond donors (Lipinski definition) is 0. The number of halogens is 1. The highest BCUT2D eigenvalue weighted by Crippen LogP contribution is 2.21. The first-order chi connectivity index (χ1) is 7.29. The summed E-state index contributed by atoms with van der Waals surface area (Å²) in [5.74, 6) is 2.43. The molecule has 2 heterocycles. The molecule has 3 heteroatoms. The van der Waals surface area contributed by atoms with Gasteiger partial charge in [0.2, 0.25) is 0 Å². The lowest BCUT2D eigenvalue weighted by atomic mass is 10.0. The van der Waals surface area contributed by atoms with Gasteiger partial charge in [0.1, 0.15) is 5.82 Å². The number of aromatic nitrogens is 1. The lowest BCUT2D eigenvalue weighted by molar-refractivity contribution is 0.444. The van der Waals surface area contributed by atoms with Gasteiger partial charge >= 0.3 is 0 Å². The molecule has 1 aliphatic rings. The monoisotopic (exact) mass is 224 g/mol. The van der Waals surface area contributed by atoms with Crippen LogP contribution in [-0.2, 0) is 5.88 Å². The summed E-state index contributed by atoms with van der Waals surface area (Å²) in [5.41, 5.74) is 1.15. The van der Waals surface area contributed by atoms with Crippen molar-refractivity contribution in [3.63, 3.8) is 0 Å². The first-order valence-corrected chi connectivity index (χ1v) is 6.09. The van der Waals surface area contributed by atoms with Gasteiger partial charge in [-0.3, -0.25) is 0 Å². The molecule has 1 unspecified atom stereocenters. The first-order valence-electron chi connectivity index (χ1n) is 5.55. The Hall–Kier alpha value is -0.760. The number of alkyl halides is 1. The van der Waals surface area contributed by atoms with Gasteiger partial charge in [0, 0.05) is 25.2 Å².